The number of halogens is 2. The molecule has 2 unspecified atom stereocenters. The Balaban J connectivity index is 3.30. The minimum absolute atomic E-state index is 0.227. The second-order valence-electron chi connectivity index (χ2n) is 4.24. The van der Waals surface area contributed by atoms with Crippen LogP contribution in [0.25, 0.3) is 0 Å². The van der Waals surface area contributed by atoms with E-state index in [0.29, 0.717) is 12.0 Å². The van der Waals surface area contributed by atoms with Crippen molar-refractivity contribution in [3.8, 4) is 0 Å². The summed E-state index contributed by atoms with van der Waals surface area (Å²) >= 11 is 0. The van der Waals surface area contributed by atoms with Gasteiger partial charge >= 0.3 is 0 Å². The third-order valence-corrected chi connectivity index (χ3v) is 2.99. The summed E-state index contributed by atoms with van der Waals surface area (Å²) in [5, 5.41) is 10.6. The van der Waals surface area contributed by atoms with E-state index in [4.69, 9.17) is 5.73 Å². The summed E-state index contributed by atoms with van der Waals surface area (Å²) < 4.78 is 25.9. The Labute approximate surface area is 104 Å². The van der Waals surface area contributed by atoms with Gasteiger partial charge in [-0.15, -0.1) is 0 Å². The molecule has 0 aliphatic rings. The molecule has 1 rings (SSSR count). The summed E-state index contributed by atoms with van der Waals surface area (Å²) in [6.45, 7) is 3.59. The van der Waals surface area contributed by atoms with Crippen molar-refractivity contribution in [3.05, 3.63) is 39.4 Å². The van der Waals surface area contributed by atoms with E-state index < -0.39 is 11.3 Å². The molecular formula is C12H16F2N2O2. The molecule has 0 spiro atoms. The van der Waals surface area contributed by atoms with E-state index in [2.05, 4.69) is 0 Å². The first-order valence-electron chi connectivity index (χ1n) is 5.70. The highest BCUT2D eigenvalue weighted by atomic mass is 19.3. The first-order chi connectivity index (χ1) is 8.38. The topological polar surface area (TPSA) is 69.2 Å². The van der Waals surface area contributed by atoms with Crippen molar-refractivity contribution < 1.29 is 13.7 Å². The van der Waals surface area contributed by atoms with Gasteiger partial charge in [-0.3, -0.25) is 10.1 Å². The standard InChI is InChI=1S/C12H16F2N2O2/c1-3-9(7(2)15)10-5-4-8(16(17)18)6-11(10)12(13)14/h4-7,9,12H,3,15H2,1-2H3. The fourth-order valence-electron chi connectivity index (χ4n) is 2.08. The van der Waals surface area contributed by atoms with E-state index in [0.717, 1.165) is 6.07 Å². The van der Waals surface area contributed by atoms with Crippen molar-refractivity contribution in [2.75, 3.05) is 0 Å². The maximum absolute atomic E-state index is 13.0. The molecule has 2 N–H and O–H groups in total. The molecule has 4 nitrogen and oxygen atoms in total. The Morgan fingerprint density at radius 3 is 2.39 bits per heavy atom. The zero-order valence-corrected chi connectivity index (χ0v) is 10.3. The van der Waals surface area contributed by atoms with Gasteiger partial charge in [-0.2, -0.15) is 0 Å². The Morgan fingerprint density at radius 2 is 2.00 bits per heavy atom. The smallest absolute Gasteiger partial charge is 0.269 e. The number of nitro benzene ring substituents is 1. The molecule has 2 atom stereocenters. The highest BCUT2D eigenvalue weighted by molar-refractivity contribution is 5.42. The quantitative estimate of drug-likeness (QED) is 0.650. The predicted octanol–water partition coefficient (Wildman–Crippen LogP) is 3.37. The van der Waals surface area contributed by atoms with Gasteiger partial charge in [-0.05, 0) is 24.8 Å². The maximum atomic E-state index is 13.0. The van der Waals surface area contributed by atoms with Crippen molar-refractivity contribution in [1.29, 1.82) is 0 Å². The SMILES string of the molecule is CCC(c1ccc([N+](=O)[O-])cc1C(F)F)C(C)N. The lowest BCUT2D eigenvalue weighted by molar-refractivity contribution is -0.385. The van der Waals surface area contributed by atoms with Crippen LogP contribution in [-0.4, -0.2) is 11.0 Å². The number of alkyl halides is 2. The Kier molecular flexibility index (Phi) is 4.72. The van der Waals surface area contributed by atoms with Gasteiger partial charge in [-0.1, -0.05) is 13.0 Å². The number of hydrogen-bond donors (Lipinski definition) is 1. The second kappa shape index (κ2) is 5.86. The molecule has 0 heterocycles. The van der Waals surface area contributed by atoms with Gasteiger partial charge in [0.1, 0.15) is 0 Å². The molecule has 0 aliphatic heterocycles. The summed E-state index contributed by atoms with van der Waals surface area (Å²) in [4.78, 5) is 9.92. The van der Waals surface area contributed by atoms with E-state index in [1.54, 1.807) is 6.92 Å². The van der Waals surface area contributed by atoms with Crippen LogP contribution in [0.5, 0.6) is 0 Å². The summed E-state index contributed by atoms with van der Waals surface area (Å²) in [5.74, 6) is -0.227. The van der Waals surface area contributed by atoms with Gasteiger partial charge in [0.05, 0.1) is 4.92 Å². The van der Waals surface area contributed by atoms with Gasteiger partial charge < -0.3 is 5.73 Å². The molecule has 0 aliphatic carbocycles. The molecule has 0 fully saturated rings. The normalized spacial score (nSPS) is 14.6. The van der Waals surface area contributed by atoms with Crippen LogP contribution in [0.15, 0.2) is 18.2 Å². The average molecular weight is 258 g/mol. The number of nitrogens with zero attached hydrogens (tertiary/aromatic N) is 1. The van der Waals surface area contributed by atoms with Crippen molar-refractivity contribution in [3.63, 3.8) is 0 Å². The minimum atomic E-state index is -2.74. The van der Waals surface area contributed by atoms with E-state index in [1.807, 2.05) is 6.92 Å². The van der Waals surface area contributed by atoms with Crippen molar-refractivity contribution in [1.82, 2.24) is 0 Å². The van der Waals surface area contributed by atoms with Crippen LogP contribution < -0.4 is 5.73 Å². The zero-order valence-electron chi connectivity index (χ0n) is 10.3. The van der Waals surface area contributed by atoms with Gasteiger partial charge in [0.2, 0.25) is 0 Å². The highest BCUT2D eigenvalue weighted by Crippen LogP contribution is 2.34. The lowest BCUT2D eigenvalue weighted by atomic mass is 9.87. The summed E-state index contributed by atoms with van der Waals surface area (Å²) in [6, 6.07) is 3.28. The molecule has 0 radical (unpaired) electrons. The van der Waals surface area contributed by atoms with Gasteiger partial charge in [0.25, 0.3) is 12.1 Å². The van der Waals surface area contributed by atoms with Crippen LogP contribution >= 0.6 is 0 Å². The minimum Gasteiger partial charge on any atom is -0.327 e. The summed E-state index contributed by atoms with van der Waals surface area (Å²) in [5.41, 5.74) is 5.54. The monoisotopic (exact) mass is 258 g/mol. The molecule has 0 saturated heterocycles. The van der Waals surface area contributed by atoms with Crippen LogP contribution in [0.2, 0.25) is 0 Å². The number of rotatable bonds is 5. The second-order valence-corrected chi connectivity index (χ2v) is 4.24. The van der Waals surface area contributed by atoms with Crippen LogP contribution in [0, 0.1) is 10.1 Å². The lowest BCUT2D eigenvalue weighted by Gasteiger charge is -2.22. The average Bonchev–Trinajstić information content (AvgIpc) is 2.29. The molecule has 6 heteroatoms. The van der Waals surface area contributed by atoms with E-state index in [-0.39, 0.29) is 23.2 Å². The third-order valence-electron chi connectivity index (χ3n) is 2.99. The van der Waals surface area contributed by atoms with Crippen molar-refractivity contribution in [2.45, 2.75) is 38.7 Å². The van der Waals surface area contributed by atoms with Crippen molar-refractivity contribution >= 4 is 5.69 Å². The van der Waals surface area contributed by atoms with Gasteiger partial charge in [-0.25, -0.2) is 8.78 Å². The molecular weight excluding hydrogens is 242 g/mol. The number of benzene rings is 1. The number of non-ortho nitro benzene ring substituents is 1. The van der Waals surface area contributed by atoms with Crippen molar-refractivity contribution in [2.24, 2.45) is 5.73 Å². The van der Waals surface area contributed by atoms with Crippen LogP contribution in [0.3, 0.4) is 0 Å². The largest absolute Gasteiger partial charge is 0.327 e. The van der Waals surface area contributed by atoms with Crippen LogP contribution in [-0.2, 0) is 0 Å². The summed E-state index contributed by atoms with van der Waals surface area (Å²) in [7, 11) is 0. The third kappa shape index (κ3) is 3.01. The van der Waals surface area contributed by atoms with Crippen LogP contribution in [0.4, 0.5) is 14.5 Å². The number of hydrogen-bond acceptors (Lipinski definition) is 3. The van der Waals surface area contributed by atoms with E-state index in [9.17, 15) is 18.9 Å². The molecule has 1 aromatic carbocycles. The summed E-state index contributed by atoms with van der Waals surface area (Å²) in [6.07, 6.45) is -2.14. The van der Waals surface area contributed by atoms with E-state index >= 15 is 0 Å². The molecule has 18 heavy (non-hydrogen) atoms. The first kappa shape index (κ1) is 14.5. The molecule has 0 saturated carbocycles. The molecule has 0 aromatic heterocycles. The highest BCUT2D eigenvalue weighted by Gasteiger charge is 2.24. The fourth-order valence-corrected chi connectivity index (χ4v) is 2.08. The Hall–Kier alpha value is -1.56. The number of nitrogens with two attached hydrogens (primary N) is 1. The number of nitro groups is 1. The molecule has 100 valence electrons. The molecule has 0 amide bonds. The van der Waals surface area contributed by atoms with Gasteiger partial charge in [0, 0.05) is 23.7 Å². The Bertz CT molecular complexity index is 436. The predicted molar refractivity (Wildman–Crippen MR) is 64.7 cm³/mol. The van der Waals surface area contributed by atoms with E-state index in [1.165, 1.54) is 12.1 Å². The lowest BCUT2D eigenvalue weighted by Crippen LogP contribution is -2.25. The first-order valence-corrected chi connectivity index (χ1v) is 5.70. The van der Waals surface area contributed by atoms with Crippen LogP contribution in [0.1, 0.15) is 43.7 Å². The Morgan fingerprint density at radius 1 is 1.39 bits per heavy atom. The molecule has 1 aromatic rings. The fraction of sp³-hybridized carbons (Fsp3) is 0.500. The van der Waals surface area contributed by atoms with Gasteiger partial charge in [0.15, 0.2) is 0 Å². The zero-order chi connectivity index (χ0) is 13.9. The maximum Gasteiger partial charge on any atom is 0.269 e. The molecule has 0 bridgehead atoms.